The first-order valence-electron chi connectivity index (χ1n) is 7.81. The van der Waals surface area contributed by atoms with E-state index < -0.39 is 0 Å². The average molecular weight is 295 g/mol. The number of nitrogens with zero attached hydrogens (tertiary/aromatic N) is 3. The average Bonchev–Trinajstić information content (AvgIpc) is 2.81. The van der Waals surface area contributed by atoms with E-state index in [4.69, 9.17) is 21.7 Å². The van der Waals surface area contributed by atoms with Crippen molar-refractivity contribution in [2.75, 3.05) is 0 Å². The minimum Gasteiger partial charge on any atom is -0.411 e. The molecule has 0 saturated heterocycles. The zero-order valence-electron chi connectivity index (χ0n) is 13.3. The van der Waals surface area contributed by atoms with Crippen LogP contribution in [-0.2, 0) is 0 Å². The number of nitrogens with two attached hydrogens (primary N) is 2. The summed E-state index contributed by atoms with van der Waals surface area (Å²) in [5.74, 6) is 1.14. The number of guanidine groups is 1. The van der Waals surface area contributed by atoms with Gasteiger partial charge in [0.1, 0.15) is 0 Å². The summed E-state index contributed by atoms with van der Waals surface area (Å²) in [6, 6.07) is 0.266. The van der Waals surface area contributed by atoms with E-state index in [1.54, 1.807) is 6.21 Å². The summed E-state index contributed by atoms with van der Waals surface area (Å²) in [6.07, 6.45) is 7.36. The lowest BCUT2D eigenvalue weighted by molar-refractivity contribution is 0.280. The molecule has 5 N–H and O–H groups in total. The van der Waals surface area contributed by atoms with Crippen LogP contribution in [0.5, 0.6) is 0 Å². The highest BCUT2D eigenvalue weighted by Gasteiger charge is 2.40. The van der Waals surface area contributed by atoms with Crippen LogP contribution >= 0.6 is 0 Å². The molecular weight excluding hydrogens is 266 g/mol. The van der Waals surface area contributed by atoms with Crippen LogP contribution in [0.15, 0.2) is 15.1 Å². The van der Waals surface area contributed by atoms with Crippen molar-refractivity contribution < 1.29 is 5.21 Å². The van der Waals surface area contributed by atoms with Crippen molar-refractivity contribution in [3.63, 3.8) is 0 Å². The Morgan fingerprint density at radius 2 is 1.95 bits per heavy atom. The first-order chi connectivity index (χ1) is 10.1. The first kappa shape index (κ1) is 17.5. The van der Waals surface area contributed by atoms with Crippen LogP contribution in [0.25, 0.3) is 0 Å². The molecule has 1 aliphatic rings. The van der Waals surface area contributed by atoms with Gasteiger partial charge in [0.05, 0.1) is 12.1 Å². The Morgan fingerprint density at radius 1 is 1.29 bits per heavy atom. The van der Waals surface area contributed by atoms with Crippen LogP contribution in [0.3, 0.4) is 0 Å². The van der Waals surface area contributed by atoms with Gasteiger partial charge in [-0.3, -0.25) is 4.99 Å². The van der Waals surface area contributed by atoms with E-state index >= 15 is 0 Å². The van der Waals surface area contributed by atoms with Crippen molar-refractivity contribution in [1.82, 2.24) is 0 Å². The number of hydrogen-bond donors (Lipinski definition) is 3. The number of aliphatic imine (C=N–C) groups is 2. The van der Waals surface area contributed by atoms with E-state index in [2.05, 4.69) is 24.0 Å². The van der Waals surface area contributed by atoms with Crippen molar-refractivity contribution in [3.8, 4) is 0 Å². The molecule has 0 spiro atoms. The fourth-order valence-corrected chi connectivity index (χ4v) is 3.54. The second-order valence-corrected chi connectivity index (χ2v) is 5.76. The van der Waals surface area contributed by atoms with Gasteiger partial charge in [-0.1, -0.05) is 26.7 Å². The Kier molecular flexibility index (Phi) is 7.19. The zero-order valence-corrected chi connectivity index (χ0v) is 13.3. The Labute approximate surface area is 127 Å². The standard InChI is InChI=1S/C15H29N5O/c1-4-11(5-2)14(18-6-3)12-7-10(9-19-21)8-13(12)20-15(16)17/h6,9-14,21H,4-5,7-8H2,1-3H3,(H4,16,17,20)/b18-6?,19-9+. The zero-order chi connectivity index (χ0) is 15.8. The Hall–Kier alpha value is -1.59. The summed E-state index contributed by atoms with van der Waals surface area (Å²) in [5, 5.41) is 12.0. The smallest absolute Gasteiger partial charge is 0.186 e. The van der Waals surface area contributed by atoms with Crippen molar-refractivity contribution >= 4 is 18.4 Å². The van der Waals surface area contributed by atoms with E-state index in [1.807, 2.05) is 13.1 Å². The molecule has 21 heavy (non-hydrogen) atoms. The molecule has 4 atom stereocenters. The van der Waals surface area contributed by atoms with Crippen molar-refractivity contribution in [2.45, 2.75) is 58.5 Å². The van der Waals surface area contributed by atoms with Crippen LogP contribution in [0, 0.1) is 17.8 Å². The van der Waals surface area contributed by atoms with Gasteiger partial charge in [0.15, 0.2) is 5.96 Å². The number of oxime groups is 1. The third kappa shape index (κ3) is 4.72. The lowest BCUT2D eigenvalue weighted by atomic mass is 9.82. The molecule has 120 valence electrons. The van der Waals surface area contributed by atoms with Gasteiger partial charge in [-0.2, -0.15) is 0 Å². The van der Waals surface area contributed by atoms with Crippen LogP contribution in [0.4, 0.5) is 0 Å². The van der Waals surface area contributed by atoms with Crippen molar-refractivity contribution in [2.24, 2.45) is 44.4 Å². The summed E-state index contributed by atoms with van der Waals surface area (Å²) in [7, 11) is 0. The highest BCUT2D eigenvalue weighted by molar-refractivity contribution is 5.76. The molecule has 0 bridgehead atoms. The Morgan fingerprint density at radius 3 is 2.43 bits per heavy atom. The minimum atomic E-state index is 0.0484. The highest BCUT2D eigenvalue weighted by atomic mass is 16.4. The lowest BCUT2D eigenvalue weighted by Gasteiger charge is -2.30. The molecule has 1 aliphatic carbocycles. The molecule has 1 fully saturated rings. The second kappa shape index (κ2) is 8.64. The fourth-order valence-electron chi connectivity index (χ4n) is 3.54. The van der Waals surface area contributed by atoms with Gasteiger partial charge < -0.3 is 16.7 Å². The van der Waals surface area contributed by atoms with Gasteiger partial charge in [-0.25, -0.2) is 4.99 Å². The molecule has 1 saturated carbocycles. The predicted octanol–water partition coefficient (Wildman–Crippen LogP) is 2.01. The molecule has 0 amide bonds. The molecular formula is C15H29N5O. The molecule has 6 heteroatoms. The quantitative estimate of drug-likeness (QED) is 0.289. The summed E-state index contributed by atoms with van der Waals surface area (Å²) in [4.78, 5) is 9.12. The lowest BCUT2D eigenvalue weighted by Crippen LogP contribution is -2.34. The van der Waals surface area contributed by atoms with E-state index in [0.717, 1.165) is 25.7 Å². The molecule has 0 aromatic rings. The normalized spacial score (nSPS) is 27.7. The minimum absolute atomic E-state index is 0.0484. The maximum Gasteiger partial charge on any atom is 0.186 e. The van der Waals surface area contributed by atoms with E-state index in [1.165, 1.54) is 0 Å². The summed E-state index contributed by atoms with van der Waals surface area (Å²) >= 11 is 0. The Bertz CT molecular complexity index is 386. The molecule has 0 heterocycles. The molecule has 0 radical (unpaired) electrons. The molecule has 0 aromatic heterocycles. The largest absolute Gasteiger partial charge is 0.411 e. The monoisotopic (exact) mass is 295 g/mol. The van der Waals surface area contributed by atoms with E-state index in [9.17, 15) is 0 Å². The van der Waals surface area contributed by atoms with Crippen molar-refractivity contribution in [1.29, 1.82) is 0 Å². The SMILES string of the molecule is CC=NC(C(CC)CC)C1CC(/C=N/O)CC1N=C(N)N. The summed E-state index contributed by atoms with van der Waals surface area (Å²) < 4.78 is 0. The topological polar surface area (TPSA) is 109 Å². The van der Waals surface area contributed by atoms with Gasteiger partial charge >= 0.3 is 0 Å². The summed E-state index contributed by atoms with van der Waals surface area (Å²) in [5.41, 5.74) is 11.2. The summed E-state index contributed by atoms with van der Waals surface area (Å²) in [6.45, 7) is 6.35. The molecule has 4 unspecified atom stereocenters. The first-order valence-corrected chi connectivity index (χ1v) is 7.81. The van der Waals surface area contributed by atoms with Crippen molar-refractivity contribution in [3.05, 3.63) is 0 Å². The van der Waals surface area contributed by atoms with Crippen LogP contribution in [-0.4, -0.2) is 35.7 Å². The third-order valence-corrected chi connectivity index (χ3v) is 4.50. The third-order valence-electron chi connectivity index (χ3n) is 4.50. The maximum absolute atomic E-state index is 8.78. The molecule has 6 nitrogen and oxygen atoms in total. The van der Waals surface area contributed by atoms with Gasteiger partial charge in [0, 0.05) is 12.1 Å². The van der Waals surface area contributed by atoms with Crippen LogP contribution < -0.4 is 11.5 Å². The Balaban J connectivity index is 3.03. The van der Waals surface area contributed by atoms with Crippen LogP contribution in [0.2, 0.25) is 0 Å². The molecule has 0 aliphatic heterocycles. The maximum atomic E-state index is 8.78. The second-order valence-electron chi connectivity index (χ2n) is 5.76. The number of rotatable bonds is 7. The highest BCUT2D eigenvalue weighted by Crippen LogP contribution is 2.39. The van der Waals surface area contributed by atoms with Gasteiger partial charge in [0.25, 0.3) is 0 Å². The van der Waals surface area contributed by atoms with E-state index in [-0.39, 0.29) is 29.9 Å². The number of hydrogen-bond acceptors (Lipinski definition) is 4. The molecule has 1 rings (SSSR count). The van der Waals surface area contributed by atoms with Crippen LogP contribution in [0.1, 0.15) is 46.5 Å². The van der Waals surface area contributed by atoms with Gasteiger partial charge in [0.2, 0.25) is 0 Å². The van der Waals surface area contributed by atoms with Gasteiger partial charge in [-0.15, -0.1) is 5.16 Å². The van der Waals surface area contributed by atoms with Gasteiger partial charge in [-0.05, 0) is 37.8 Å². The predicted molar refractivity (Wildman–Crippen MR) is 88.1 cm³/mol. The molecule has 0 aromatic carbocycles. The fraction of sp³-hybridized carbons (Fsp3) is 0.800. The van der Waals surface area contributed by atoms with E-state index in [0.29, 0.717) is 5.92 Å².